The third-order valence-electron chi connectivity index (χ3n) is 4.17. The van der Waals surface area contributed by atoms with E-state index in [0.717, 1.165) is 30.9 Å². The zero-order valence-electron chi connectivity index (χ0n) is 14.9. The molecule has 134 valence electrons. The molecule has 7 heteroatoms. The quantitative estimate of drug-likeness (QED) is 0.861. The molecule has 1 aliphatic rings. The maximum Gasteiger partial charge on any atom is 0.250 e. The van der Waals surface area contributed by atoms with Crippen LogP contribution in [0.5, 0.6) is 11.5 Å². The summed E-state index contributed by atoms with van der Waals surface area (Å²) in [6.45, 7) is 5.32. The van der Waals surface area contributed by atoms with Crippen LogP contribution in [0, 0.1) is 0 Å². The number of nitrogens with one attached hydrogen (secondary N) is 1. The molecule has 1 atom stereocenters. The molecule has 1 aliphatic heterocycles. The number of benzene rings is 1. The van der Waals surface area contributed by atoms with E-state index in [1.165, 1.54) is 0 Å². The first-order chi connectivity index (χ1) is 12.2. The minimum atomic E-state index is 0.144. The Bertz CT molecular complexity index is 729. The van der Waals surface area contributed by atoms with Gasteiger partial charge in [-0.1, -0.05) is 11.2 Å². The number of rotatable bonds is 6. The molecular formula is C18H24N4O3. The lowest BCUT2D eigenvalue weighted by Gasteiger charge is -2.30. The van der Waals surface area contributed by atoms with E-state index in [0.29, 0.717) is 24.1 Å². The zero-order chi connectivity index (χ0) is 17.6. The van der Waals surface area contributed by atoms with Crippen molar-refractivity contribution in [1.82, 2.24) is 20.4 Å². The normalized spacial score (nSPS) is 18.6. The molecule has 2 aromatic rings. The number of hydrogen-bond donors (Lipinski definition) is 1. The summed E-state index contributed by atoms with van der Waals surface area (Å²) in [6, 6.07) is 5.91. The maximum absolute atomic E-state index is 5.53. The van der Waals surface area contributed by atoms with Crippen LogP contribution in [0.1, 0.15) is 30.2 Å². The molecule has 1 saturated heterocycles. The maximum atomic E-state index is 5.53. The number of hydrogen-bond acceptors (Lipinski definition) is 7. The highest BCUT2D eigenvalue weighted by Gasteiger charge is 2.24. The molecule has 1 fully saturated rings. The number of nitrogens with zero attached hydrogens (tertiary/aromatic N) is 3. The van der Waals surface area contributed by atoms with Gasteiger partial charge in [0, 0.05) is 25.7 Å². The lowest BCUT2D eigenvalue weighted by molar-refractivity contribution is 0.190. The van der Waals surface area contributed by atoms with Crippen molar-refractivity contribution >= 4 is 12.2 Å². The van der Waals surface area contributed by atoms with Crippen molar-refractivity contribution in [3.63, 3.8) is 0 Å². The van der Waals surface area contributed by atoms with Gasteiger partial charge in [-0.15, -0.1) is 0 Å². The first kappa shape index (κ1) is 17.4. The lowest BCUT2D eigenvalue weighted by Crippen LogP contribution is -2.44. The van der Waals surface area contributed by atoms with Crippen molar-refractivity contribution < 1.29 is 14.0 Å². The van der Waals surface area contributed by atoms with Crippen LogP contribution in [0.3, 0.4) is 0 Å². The van der Waals surface area contributed by atoms with E-state index in [1.54, 1.807) is 7.11 Å². The minimum Gasteiger partial charge on any atom is -0.493 e. The Morgan fingerprint density at radius 2 is 2.24 bits per heavy atom. The van der Waals surface area contributed by atoms with Gasteiger partial charge in [-0.3, -0.25) is 4.90 Å². The highest BCUT2D eigenvalue weighted by Crippen LogP contribution is 2.28. The summed E-state index contributed by atoms with van der Waals surface area (Å²) in [5.74, 6) is 2.63. The molecule has 1 aromatic heterocycles. The fraction of sp³-hybridized carbons (Fsp3) is 0.444. The van der Waals surface area contributed by atoms with Gasteiger partial charge < -0.3 is 19.3 Å². The van der Waals surface area contributed by atoms with Crippen molar-refractivity contribution in [2.45, 2.75) is 13.0 Å². The predicted molar refractivity (Wildman–Crippen MR) is 95.6 cm³/mol. The Hall–Kier alpha value is -2.38. The van der Waals surface area contributed by atoms with Gasteiger partial charge in [0.15, 0.2) is 17.3 Å². The Balaban J connectivity index is 1.72. The van der Waals surface area contributed by atoms with Crippen LogP contribution in [0.25, 0.3) is 12.2 Å². The van der Waals surface area contributed by atoms with Gasteiger partial charge in [-0.25, -0.2) is 0 Å². The summed E-state index contributed by atoms with van der Waals surface area (Å²) in [5.41, 5.74) is 0.969. The van der Waals surface area contributed by atoms with Gasteiger partial charge in [-0.2, -0.15) is 4.98 Å². The van der Waals surface area contributed by atoms with Gasteiger partial charge in [0.25, 0.3) is 5.89 Å². The first-order valence-electron chi connectivity index (χ1n) is 8.44. The van der Waals surface area contributed by atoms with Crippen molar-refractivity contribution in [1.29, 1.82) is 0 Å². The van der Waals surface area contributed by atoms with Crippen LogP contribution < -0.4 is 14.8 Å². The van der Waals surface area contributed by atoms with Crippen molar-refractivity contribution in [2.75, 3.05) is 40.4 Å². The van der Waals surface area contributed by atoms with E-state index in [2.05, 4.69) is 27.4 Å². The van der Waals surface area contributed by atoms with Crippen molar-refractivity contribution in [3.05, 3.63) is 35.5 Å². The first-order valence-corrected chi connectivity index (χ1v) is 8.44. The smallest absolute Gasteiger partial charge is 0.250 e. The van der Waals surface area contributed by atoms with Gasteiger partial charge in [0.2, 0.25) is 0 Å². The van der Waals surface area contributed by atoms with Crippen LogP contribution in [0.15, 0.2) is 22.7 Å². The molecule has 0 spiro atoms. The summed E-state index contributed by atoms with van der Waals surface area (Å²) < 4.78 is 16.2. The Kier molecular flexibility index (Phi) is 5.67. The molecule has 7 nitrogen and oxygen atoms in total. The zero-order valence-corrected chi connectivity index (χ0v) is 14.9. The highest BCUT2D eigenvalue weighted by molar-refractivity contribution is 5.67. The summed E-state index contributed by atoms with van der Waals surface area (Å²) in [7, 11) is 3.70. The topological polar surface area (TPSA) is 72.7 Å². The molecule has 1 unspecified atom stereocenters. The third-order valence-corrected chi connectivity index (χ3v) is 4.17. The van der Waals surface area contributed by atoms with Crippen molar-refractivity contribution in [3.8, 4) is 11.5 Å². The van der Waals surface area contributed by atoms with Gasteiger partial charge in [-0.05, 0) is 37.7 Å². The predicted octanol–water partition coefficient (Wildman–Crippen LogP) is 2.22. The fourth-order valence-electron chi connectivity index (χ4n) is 2.77. The Morgan fingerprint density at radius 3 is 3.00 bits per heavy atom. The third kappa shape index (κ3) is 4.18. The molecule has 0 radical (unpaired) electrons. The average Bonchev–Trinajstić information content (AvgIpc) is 3.10. The molecule has 2 heterocycles. The van der Waals surface area contributed by atoms with E-state index < -0.39 is 0 Å². The summed E-state index contributed by atoms with van der Waals surface area (Å²) in [5, 5.41) is 7.46. The molecule has 3 rings (SSSR count). The minimum absolute atomic E-state index is 0.144. The molecule has 25 heavy (non-hydrogen) atoms. The molecule has 0 saturated carbocycles. The number of likely N-dealkylation sites (N-methyl/N-ethyl adjacent to an activating group) is 1. The Morgan fingerprint density at radius 1 is 1.36 bits per heavy atom. The van der Waals surface area contributed by atoms with Crippen LogP contribution in [-0.4, -0.2) is 55.4 Å². The monoisotopic (exact) mass is 344 g/mol. The molecule has 0 amide bonds. The van der Waals surface area contributed by atoms with E-state index in [1.807, 2.05) is 37.3 Å². The standard InChI is InChI=1S/C18H24N4O3/c1-4-24-15-7-5-13(11-16(15)23-3)6-8-17-20-18(21-25-17)14-12-19-9-10-22(14)2/h5-8,11,14,19H,4,9-10,12H2,1-3H3/b8-6+. The summed E-state index contributed by atoms with van der Waals surface area (Å²) in [6.07, 6.45) is 3.72. The number of aromatic nitrogens is 2. The lowest BCUT2D eigenvalue weighted by atomic mass is 10.2. The molecule has 1 aromatic carbocycles. The Labute approximate surface area is 147 Å². The molecule has 0 aliphatic carbocycles. The molecule has 1 N–H and O–H groups in total. The summed E-state index contributed by atoms with van der Waals surface area (Å²) >= 11 is 0. The van der Waals surface area contributed by atoms with E-state index in [9.17, 15) is 0 Å². The van der Waals surface area contributed by atoms with Crippen LogP contribution in [-0.2, 0) is 0 Å². The second kappa shape index (κ2) is 8.13. The average molecular weight is 344 g/mol. The van der Waals surface area contributed by atoms with Gasteiger partial charge in [0.1, 0.15) is 0 Å². The highest BCUT2D eigenvalue weighted by atomic mass is 16.5. The van der Waals surface area contributed by atoms with Crippen molar-refractivity contribution in [2.24, 2.45) is 0 Å². The van der Waals surface area contributed by atoms with Gasteiger partial charge in [0.05, 0.1) is 19.8 Å². The van der Waals surface area contributed by atoms with Gasteiger partial charge >= 0.3 is 0 Å². The number of ether oxygens (including phenoxy) is 2. The van der Waals surface area contributed by atoms with E-state index >= 15 is 0 Å². The second-order valence-electron chi connectivity index (χ2n) is 5.87. The fourth-order valence-corrected chi connectivity index (χ4v) is 2.77. The number of methoxy groups -OCH3 is 1. The van der Waals surface area contributed by atoms with Crippen LogP contribution in [0.4, 0.5) is 0 Å². The van der Waals surface area contributed by atoms with E-state index in [4.69, 9.17) is 14.0 Å². The largest absolute Gasteiger partial charge is 0.493 e. The van der Waals surface area contributed by atoms with Crippen LogP contribution in [0.2, 0.25) is 0 Å². The second-order valence-corrected chi connectivity index (χ2v) is 5.87. The van der Waals surface area contributed by atoms with Crippen LogP contribution >= 0.6 is 0 Å². The SMILES string of the molecule is CCOc1ccc(/C=C/c2nc(C3CNCCN3C)no2)cc1OC. The number of piperazine rings is 1. The summed E-state index contributed by atoms with van der Waals surface area (Å²) in [4.78, 5) is 6.72. The molecule has 0 bridgehead atoms. The molecular weight excluding hydrogens is 320 g/mol. The van der Waals surface area contributed by atoms with E-state index in [-0.39, 0.29) is 6.04 Å².